The molecule has 1 unspecified atom stereocenters. The van der Waals surface area contributed by atoms with Crippen molar-refractivity contribution in [2.75, 3.05) is 33.4 Å². The first kappa shape index (κ1) is 18.2. The summed E-state index contributed by atoms with van der Waals surface area (Å²) < 4.78 is 4.80. The van der Waals surface area contributed by atoms with E-state index in [9.17, 15) is 14.4 Å². The number of carboxylic acids is 1. The summed E-state index contributed by atoms with van der Waals surface area (Å²) in [5.74, 6) is -1.42. The number of carboxylic acid groups (broad SMARTS) is 1. The number of methoxy groups -OCH3 is 1. The predicted molar refractivity (Wildman–Crippen MR) is 72.4 cm³/mol. The first-order chi connectivity index (χ1) is 9.46. The lowest BCUT2D eigenvalue weighted by molar-refractivity contribution is -0.139. The number of hydrogen-bond donors (Lipinski definition) is 3. The molecule has 116 valence electrons. The molecule has 0 fully saturated rings. The van der Waals surface area contributed by atoms with Crippen molar-refractivity contribution in [2.24, 2.45) is 0 Å². The predicted octanol–water partition coefficient (Wildman–Crippen LogP) is -0.356. The van der Waals surface area contributed by atoms with Gasteiger partial charge in [0.25, 0.3) is 0 Å². The average Bonchev–Trinajstić information content (AvgIpc) is 2.40. The van der Waals surface area contributed by atoms with E-state index in [0.717, 1.165) is 0 Å². The molecule has 20 heavy (non-hydrogen) atoms. The van der Waals surface area contributed by atoms with Gasteiger partial charge in [0.05, 0.1) is 0 Å². The van der Waals surface area contributed by atoms with Crippen LogP contribution in [0.25, 0.3) is 0 Å². The SMILES string of the molecule is CCNC(=O)CN(CC)C(=O)NC(CCOC)C(=O)O. The molecule has 0 heterocycles. The third kappa shape index (κ3) is 6.93. The molecule has 8 nitrogen and oxygen atoms in total. The van der Waals surface area contributed by atoms with E-state index in [-0.39, 0.29) is 25.5 Å². The minimum absolute atomic E-state index is 0.104. The molecular formula is C12H23N3O5. The van der Waals surface area contributed by atoms with Gasteiger partial charge in [-0.3, -0.25) is 4.79 Å². The molecular weight excluding hydrogens is 266 g/mol. The zero-order valence-corrected chi connectivity index (χ0v) is 12.1. The van der Waals surface area contributed by atoms with Gasteiger partial charge in [-0.05, 0) is 13.8 Å². The largest absolute Gasteiger partial charge is 0.480 e. The fourth-order valence-electron chi connectivity index (χ4n) is 1.49. The molecule has 0 aromatic heterocycles. The number of carbonyl (C=O) groups excluding carboxylic acids is 2. The molecule has 0 saturated heterocycles. The summed E-state index contributed by atoms with van der Waals surface area (Å²) in [6.07, 6.45) is 0.163. The Morgan fingerprint density at radius 1 is 1.30 bits per heavy atom. The van der Waals surface area contributed by atoms with Crippen molar-refractivity contribution in [1.82, 2.24) is 15.5 Å². The van der Waals surface area contributed by atoms with Crippen LogP contribution < -0.4 is 10.6 Å². The molecule has 0 aliphatic rings. The number of urea groups is 1. The van der Waals surface area contributed by atoms with Crippen molar-refractivity contribution in [3.05, 3.63) is 0 Å². The standard InChI is InChI=1S/C12H23N3O5/c1-4-13-10(16)8-15(5-2)12(19)14-9(11(17)18)6-7-20-3/h9H,4-8H2,1-3H3,(H,13,16)(H,14,19)(H,17,18). The Morgan fingerprint density at radius 2 is 1.95 bits per heavy atom. The van der Waals surface area contributed by atoms with Crippen LogP contribution in [0.2, 0.25) is 0 Å². The molecule has 3 N–H and O–H groups in total. The molecule has 3 amide bonds. The number of ether oxygens (including phenoxy) is 1. The van der Waals surface area contributed by atoms with Gasteiger partial charge in [0.1, 0.15) is 12.6 Å². The van der Waals surface area contributed by atoms with E-state index in [1.54, 1.807) is 13.8 Å². The van der Waals surface area contributed by atoms with Crippen LogP contribution in [0.1, 0.15) is 20.3 Å². The zero-order chi connectivity index (χ0) is 15.5. The van der Waals surface area contributed by atoms with E-state index in [1.165, 1.54) is 12.0 Å². The van der Waals surface area contributed by atoms with Crippen LogP contribution in [-0.4, -0.2) is 67.3 Å². The van der Waals surface area contributed by atoms with Gasteiger partial charge in [-0.2, -0.15) is 0 Å². The van der Waals surface area contributed by atoms with Gasteiger partial charge in [-0.1, -0.05) is 0 Å². The lowest BCUT2D eigenvalue weighted by Crippen LogP contribution is -2.50. The third-order valence-corrected chi connectivity index (χ3v) is 2.58. The molecule has 0 spiro atoms. The normalized spacial score (nSPS) is 11.6. The van der Waals surface area contributed by atoms with E-state index in [0.29, 0.717) is 13.1 Å². The molecule has 0 bridgehead atoms. The topological polar surface area (TPSA) is 108 Å². The number of aliphatic carboxylic acids is 1. The van der Waals surface area contributed by atoms with E-state index < -0.39 is 18.0 Å². The van der Waals surface area contributed by atoms with Gasteiger partial charge < -0.3 is 25.4 Å². The quantitative estimate of drug-likeness (QED) is 0.537. The highest BCUT2D eigenvalue weighted by atomic mass is 16.5. The molecule has 0 rings (SSSR count). The fraction of sp³-hybridized carbons (Fsp3) is 0.750. The van der Waals surface area contributed by atoms with Crippen LogP contribution in [0.4, 0.5) is 4.79 Å². The van der Waals surface area contributed by atoms with Gasteiger partial charge in [0, 0.05) is 33.2 Å². The second-order valence-electron chi connectivity index (χ2n) is 4.09. The summed E-state index contributed by atoms with van der Waals surface area (Å²) in [6, 6.07) is -1.62. The average molecular weight is 289 g/mol. The monoisotopic (exact) mass is 289 g/mol. The number of likely N-dealkylation sites (N-methyl/N-ethyl adjacent to an activating group) is 2. The Morgan fingerprint density at radius 3 is 2.40 bits per heavy atom. The highest BCUT2D eigenvalue weighted by Gasteiger charge is 2.23. The maximum Gasteiger partial charge on any atom is 0.326 e. The van der Waals surface area contributed by atoms with Crippen molar-refractivity contribution in [2.45, 2.75) is 26.3 Å². The highest BCUT2D eigenvalue weighted by molar-refractivity contribution is 5.86. The minimum Gasteiger partial charge on any atom is -0.480 e. The summed E-state index contributed by atoms with van der Waals surface area (Å²) in [5.41, 5.74) is 0. The summed E-state index contributed by atoms with van der Waals surface area (Å²) in [5, 5.41) is 14.0. The van der Waals surface area contributed by atoms with Crippen LogP contribution in [0.15, 0.2) is 0 Å². The van der Waals surface area contributed by atoms with Crippen molar-refractivity contribution in [1.29, 1.82) is 0 Å². The van der Waals surface area contributed by atoms with Gasteiger partial charge in [0.2, 0.25) is 5.91 Å². The fourth-order valence-corrected chi connectivity index (χ4v) is 1.49. The molecule has 0 saturated carbocycles. The Hall–Kier alpha value is -1.83. The van der Waals surface area contributed by atoms with Gasteiger partial charge in [0.15, 0.2) is 0 Å². The lowest BCUT2D eigenvalue weighted by atomic mass is 10.2. The van der Waals surface area contributed by atoms with E-state index in [2.05, 4.69) is 10.6 Å². The molecule has 0 aliphatic heterocycles. The van der Waals surface area contributed by atoms with Crippen LogP contribution in [0.3, 0.4) is 0 Å². The Kier molecular flexibility index (Phi) is 9.10. The summed E-state index contributed by atoms with van der Waals surface area (Å²) in [6.45, 7) is 4.39. The number of hydrogen-bond acceptors (Lipinski definition) is 4. The smallest absolute Gasteiger partial charge is 0.326 e. The first-order valence-electron chi connectivity index (χ1n) is 6.50. The molecule has 0 aromatic rings. The number of nitrogens with zero attached hydrogens (tertiary/aromatic N) is 1. The van der Waals surface area contributed by atoms with Gasteiger partial charge >= 0.3 is 12.0 Å². The van der Waals surface area contributed by atoms with Crippen LogP contribution in [0, 0.1) is 0 Å². The number of carbonyl (C=O) groups is 3. The zero-order valence-electron chi connectivity index (χ0n) is 12.1. The highest BCUT2D eigenvalue weighted by Crippen LogP contribution is 1.97. The Labute approximate surface area is 118 Å². The molecule has 0 radical (unpaired) electrons. The minimum atomic E-state index is -1.13. The van der Waals surface area contributed by atoms with Gasteiger partial charge in [-0.25, -0.2) is 9.59 Å². The first-order valence-corrected chi connectivity index (χ1v) is 6.50. The van der Waals surface area contributed by atoms with E-state index in [4.69, 9.17) is 9.84 Å². The van der Waals surface area contributed by atoms with Crippen LogP contribution in [-0.2, 0) is 14.3 Å². The summed E-state index contributed by atoms with van der Waals surface area (Å²) in [7, 11) is 1.45. The maximum absolute atomic E-state index is 11.9. The third-order valence-electron chi connectivity index (χ3n) is 2.58. The van der Waals surface area contributed by atoms with Crippen LogP contribution >= 0.6 is 0 Å². The number of nitrogens with one attached hydrogen (secondary N) is 2. The van der Waals surface area contributed by atoms with Crippen molar-refractivity contribution >= 4 is 17.9 Å². The van der Waals surface area contributed by atoms with Gasteiger partial charge in [-0.15, -0.1) is 0 Å². The molecule has 8 heteroatoms. The summed E-state index contributed by atoms with van der Waals surface area (Å²) in [4.78, 5) is 35.6. The van der Waals surface area contributed by atoms with E-state index in [1.807, 2.05) is 0 Å². The molecule has 0 aliphatic carbocycles. The Bertz CT molecular complexity index is 335. The second-order valence-corrected chi connectivity index (χ2v) is 4.09. The number of rotatable bonds is 9. The molecule has 0 aromatic carbocycles. The van der Waals surface area contributed by atoms with E-state index >= 15 is 0 Å². The lowest BCUT2D eigenvalue weighted by Gasteiger charge is -2.23. The summed E-state index contributed by atoms with van der Waals surface area (Å²) >= 11 is 0. The Balaban J connectivity index is 4.50. The van der Waals surface area contributed by atoms with Crippen molar-refractivity contribution in [3.63, 3.8) is 0 Å². The maximum atomic E-state index is 11.9. The number of amides is 3. The molecule has 1 atom stereocenters. The van der Waals surface area contributed by atoms with Crippen molar-refractivity contribution in [3.8, 4) is 0 Å². The van der Waals surface area contributed by atoms with Crippen molar-refractivity contribution < 1.29 is 24.2 Å². The van der Waals surface area contributed by atoms with Crippen LogP contribution in [0.5, 0.6) is 0 Å². The second kappa shape index (κ2) is 10.0.